The third-order valence-electron chi connectivity index (χ3n) is 3.58. The Kier molecular flexibility index (Phi) is 6.26. The number of nitrogens with one attached hydrogen (secondary N) is 1. The lowest BCUT2D eigenvalue weighted by Gasteiger charge is -2.17. The normalized spacial score (nSPS) is 12.5. The Bertz CT molecular complexity index is 535. The Morgan fingerprint density at radius 1 is 1.19 bits per heavy atom. The smallest absolute Gasteiger partial charge is 0.0801 e. The van der Waals surface area contributed by atoms with Gasteiger partial charge in [-0.05, 0) is 49.0 Å². The van der Waals surface area contributed by atoms with Crippen LogP contribution in [-0.4, -0.2) is 21.1 Å². The third kappa shape index (κ3) is 4.32. The molecular weight excluding hydrogens is 280 g/mol. The fourth-order valence-electron chi connectivity index (χ4n) is 2.30. The highest BCUT2D eigenvalue weighted by Crippen LogP contribution is 2.24. The van der Waals surface area contributed by atoms with Crippen molar-refractivity contribution in [3.63, 3.8) is 0 Å². The van der Waals surface area contributed by atoms with Crippen molar-refractivity contribution < 1.29 is 0 Å². The van der Waals surface area contributed by atoms with Gasteiger partial charge in [0.15, 0.2) is 0 Å². The number of hydrogen-bond acceptors (Lipinski definition) is 5. The van der Waals surface area contributed by atoms with Gasteiger partial charge in [-0.25, -0.2) is 0 Å². The molecule has 0 aliphatic rings. The predicted molar refractivity (Wildman–Crippen MR) is 87.6 cm³/mol. The number of aryl methyl sites for hydroxylation is 2. The van der Waals surface area contributed by atoms with Crippen LogP contribution < -0.4 is 5.32 Å². The molecule has 1 atom stereocenters. The van der Waals surface area contributed by atoms with E-state index in [0.717, 1.165) is 43.6 Å². The second kappa shape index (κ2) is 8.20. The minimum absolute atomic E-state index is 0.264. The van der Waals surface area contributed by atoms with E-state index in [9.17, 15) is 0 Å². The molecule has 5 heteroatoms. The summed E-state index contributed by atoms with van der Waals surface area (Å²) in [4.78, 5) is 5.84. The molecular formula is C16H24N4S. The minimum Gasteiger partial charge on any atom is -0.309 e. The summed E-state index contributed by atoms with van der Waals surface area (Å²) in [5.41, 5.74) is 3.51. The average Bonchev–Trinajstić information content (AvgIpc) is 3.00. The zero-order valence-corrected chi connectivity index (χ0v) is 13.9. The molecule has 0 fully saturated rings. The highest BCUT2D eigenvalue weighted by molar-refractivity contribution is 7.05. The largest absolute Gasteiger partial charge is 0.309 e. The molecule has 1 N–H and O–H groups in total. The molecule has 1 unspecified atom stereocenters. The summed E-state index contributed by atoms with van der Waals surface area (Å²) in [5.74, 6) is 0. The van der Waals surface area contributed by atoms with Crippen LogP contribution in [0.15, 0.2) is 18.3 Å². The van der Waals surface area contributed by atoms with E-state index in [1.807, 2.05) is 6.20 Å². The van der Waals surface area contributed by atoms with Crippen LogP contribution in [0.2, 0.25) is 0 Å². The van der Waals surface area contributed by atoms with E-state index < -0.39 is 0 Å². The van der Waals surface area contributed by atoms with Gasteiger partial charge in [-0.2, -0.15) is 0 Å². The molecule has 2 aromatic rings. The Hall–Kier alpha value is -1.33. The van der Waals surface area contributed by atoms with Crippen LogP contribution in [0.4, 0.5) is 0 Å². The average molecular weight is 304 g/mol. The van der Waals surface area contributed by atoms with Crippen LogP contribution >= 0.6 is 11.5 Å². The predicted octanol–water partition coefficient (Wildman–Crippen LogP) is 3.34. The van der Waals surface area contributed by atoms with Gasteiger partial charge in [-0.15, -0.1) is 5.10 Å². The first kappa shape index (κ1) is 16.0. The Labute approximate surface area is 131 Å². The van der Waals surface area contributed by atoms with Gasteiger partial charge in [0.2, 0.25) is 0 Å². The molecule has 2 heterocycles. The van der Waals surface area contributed by atoms with E-state index in [-0.39, 0.29) is 6.04 Å². The Morgan fingerprint density at radius 3 is 2.67 bits per heavy atom. The molecule has 0 amide bonds. The van der Waals surface area contributed by atoms with Crippen LogP contribution in [0.1, 0.15) is 55.1 Å². The summed E-state index contributed by atoms with van der Waals surface area (Å²) >= 11 is 1.51. The SMILES string of the molecule is CCCNC(Cc1ccc(CC)cn1)c1snnc1CC. The maximum absolute atomic E-state index is 4.59. The van der Waals surface area contributed by atoms with Crippen molar-refractivity contribution in [3.8, 4) is 0 Å². The van der Waals surface area contributed by atoms with Crippen molar-refractivity contribution >= 4 is 11.5 Å². The standard InChI is InChI=1S/C16H24N4S/c1-4-9-17-15(16-14(6-3)19-20-21-16)10-13-8-7-12(5-2)11-18-13/h7-8,11,15,17H,4-6,9-10H2,1-3H3. The molecule has 21 heavy (non-hydrogen) atoms. The quantitative estimate of drug-likeness (QED) is 0.812. The zero-order valence-electron chi connectivity index (χ0n) is 13.1. The van der Waals surface area contributed by atoms with Crippen LogP contribution in [0, 0.1) is 0 Å². The van der Waals surface area contributed by atoms with Gasteiger partial charge in [-0.3, -0.25) is 4.98 Å². The van der Waals surface area contributed by atoms with E-state index in [1.165, 1.54) is 22.0 Å². The fourth-order valence-corrected chi connectivity index (χ4v) is 3.11. The van der Waals surface area contributed by atoms with Crippen LogP contribution in [-0.2, 0) is 19.3 Å². The molecule has 4 nitrogen and oxygen atoms in total. The van der Waals surface area contributed by atoms with E-state index in [1.54, 1.807) is 0 Å². The van der Waals surface area contributed by atoms with Gasteiger partial charge in [-0.1, -0.05) is 31.3 Å². The first-order chi connectivity index (χ1) is 10.3. The van der Waals surface area contributed by atoms with Crippen molar-refractivity contribution in [3.05, 3.63) is 40.2 Å². The Morgan fingerprint density at radius 2 is 2.05 bits per heavy atom. The molecule has 0 saturated carbocycles. The van der Waals surface area contributed by atoms with Crippen LogP contribution in [0.5, 0.6) is 0 Å². The van der Waals surface area contributed by atoms with E-state index in [4.69, 9.17) is 0 Å². The van der Waals surface area contributed by atoms with Gasteiger partial charge in [0.25, 0.3) is 0 Å². The number of hydrogen-bond donors (Lipinski definition) is 1. The lowest BCUT2D eigenvalue weighted by atomic mass is 10.1. The fraction of sp³-hybridized carbons (Fsp3) is 0.562. The topological polar surface area (TPSA) is 50.7 Å². The number of rotatable bonds is 8. The van der Waals surface area contributed by atoms with Gasteiger partial charge in [0.1, 0.15) is 0 Å². The number of pyridine rings is 1. The summed E-state index contributed by atoms with van der Waals surface area (Å²) < 4.78 is 4.12. The summed E-state index contributed by atoms with van der Waals surface area (Å²) in [7, 11) is 0. The maximum Gasteiger partial charge on any atom is 0.0801 e. The second-order valence-electron chi connectivity index (χ2n) is 5.16. The molecule has 2 aromatic heterocycles. The highest BCUT2D eigenvalue weighted by atomic mass is 32.1. The van der Waals surface area contributed by atoms with Crippen LogP contribution in [0.25, 0.3) is 0 Å². The van der Waals surface area contributed by atoms with Crippen molar-refractivity contribution in [2.24, 2.45) is 0 Å². The minimum atomic E-state index is 0.264. The Balaban J connectivity index is 2.15. The van der Waals surface area contributed by atoms with Gasteiger partial charge in [0, 0.05) is 18.3 Å². The monoisotopic (exact) mass is 304 g/mol. The lowest BCUT2D eigenvalue weighted by Crippen LogP contribution is -2.24. The summed E-state index contributed by atoms with van der Waals surface area (Å²) in [6, 6.07) is 4.57. The molecule has 0 bridgehead atoms. The van der Waals surface area contributed by atoms with E-state index in [2.05, 4.69) is 52.8 Å². The molecule has 0 aliphatic heterocycles. The molecule has 2 rings (SSSR count). The van der Waals surface area contributed by atoms with Gasteiger partial charge < -0.3 is 5.32 Å². The number of aromatic nitrogens is 3. The maximum atomic E-state index is 4.59. The highest BCUT2D eigenvalue weighted by Gasteiger charge is 2.19. The third-order valence-corrected chi connectivity index (χ3v) is 4.46. The first-order valence-corrected chi connectivity index (χ1v) is 8.54. The molecule has 0 radical (unpaired) electrons. The molecule has 0 saturated heterocycles. The molecule has 0 aliphatic carbocycles. The van der Waals surface area contributed by atoms with Crippen molar-refractivity contribution in [1.29, 1.82) is 0 Å². The van der Waals surface area contributed by atoms with Gasteiger partial charge >= 0.3 is 0 Å². The second-order valence-corrected chi connectivity index (χ2v) is 5.95. The summed E-state index contributed by atoms with van der Waals surface area (Å²) in [6.07, 6.45) is 5.95. The summed E-state index contributed by atoms with van der Waals surface area (Å²) in [5, 5.41) is 7.85. The zero-order chi connectivity index (χ0) is 15.1. The number of nitrogens with zero attached hydrogens (tertiary/aromatic N) is 3. The van der Waals surface area contributed by atoms with E-state index >= 15 is 0 Å². The molecule has 114 valence electrons. The van der Waals surface area contributed by atoms with Crippen LogP contribution in [0.3, 0.4) is 0 Å². The lowest BCUT2D eigenvalue weighted by molar-refractivity contribution is 0.527. The molecule has 0 aromatic carbocycles. The van der Waals surface area contributed by atoms with E-state index in [0.29, 0.717) is 0 Å². The van der Waals surface area contributed by atoms with Crippen molar-refractivity contribution in [2.45, 2.75) is 52.5 Å². The molecule has 0 spiro atoms. The summed E-state index contributed by atoms with van der Waals surface area (Å²) in [6.45, 7) is 7.47. The first-order valence-electron chi connectivity index (χ1n) is 7.76. The van der Waals surface area contributed by atoms with Crippen molar-refractivity contribution in [1.82, 2.24) is 19.9 Å². The van der Waals surface area contributed by atoms with Gasteiger partial charge in [0.05, 0.1) is 16.6 Å². The van der Waals surface area contributed by atoms with Crippen molar-refractivity contribution in [2.75, 3.05) is 6.54 Å².